The molecule has 25 heavy (non-hydrogen) atoms. The Morgan fingerprint density at radius 1 is 1.04 bits per heavy atom. The predicted octanol–water partition coefficient (Wildman–Crippen LogP) is 4.96. The highest BCUT2D eigenvalue weighted by Gasteiger charge is 2.11. The molecular formula is C23H21NO. The Hall–Kier alpha value is -2.76. The van der Waals surface area contributed by atoms with Crippen LogP contribution in [0.1, 0.15) is 24.0 Å². The zero-order valence-electron chi connectivity index (χ0n) is 14.2. The highest BCUT2D eigenvalue weighted by atomic mass is 16.3. The molecule has 4 rings (SSSR count). The Kier molecular flexibility index (Phi) is 4.68. The number of benzene rings is 2. The largest absolute Gasteiger partial charge is 0.464 e. The van der Waals surface area contributed by atoms with Crippen LogP contribution in [0, 0.1) is 11.8 Å². The molecule has 0 spiro atoms. The van der Waals surface area contributed by atoms with Crippen molar-refractivity contribution in [2.24, 2.45) is 0 Å². The summed E-state index contributed by atoms with van der Waals surface area (Å²) >= 11 is 0. The molecule has 1 aliphatic heterocycles. The molecule has 0 aliphatic carbocycles. The van der Waals surface area contributed by atoms with Gasteiger partial charge in [-0.3, -0.25) is 4.90 Å². The second-order valence-electron chi connectivity index (χ2n) is 6.37. The first-order chi connectivity index (χ1) is 12.4. The van der Waals surface area contributed by atoms with Crippen LogP contribution < -0.4 is 0 Å². The third kappa shape index (κ3) is 3.84. The van der Waals surface area contributed by atoms with Crippen LogP contribution in [0.3, 0.4) is 0 Å². The quantitative estimate of drug-likeness (QED) is 0.632. The lowest BCUT2D eigenvalue weighted by molar-refractivity contribution is 0.309. The van der Waals surface area contributed by atoms with Gasteiger partial charge in [0.1, 0.15) is 5.58 Å². The van der Waals surface area contributed by atoms with Crippen molar-refractivity contribution in [3.63, 3.8) is 0 Å². The molecule has 0 saturated carbocycles. The van der Waals surface area contributed by atoms with E-state index in [9.17, 15) is 0 Å². The molecule has 1 aromatic heterocycles. The molecule has 0 unspecified atom stereocenters. The summed E-state index contributed by atoms with van der Waals surface area (Å²) in [6.45, 7) is 3.16. The minimum absolute atomic E-state index is 0.901. The zero-order valence-corrected chi connectivity index (χ0v) is 14.2. The molecule has 1 aliphatic rings. The average molecular weight is 327 g/mol. The van der Waals surface area contributed by atoms with Gasteiger partial charge in [-0.05, 0) is 41.8 Å². The van der Waals surface area contributed by atoms with E-state index in [0.717, 1.165) is 49.0 Å². The molecule has 3 aromatic rings. The summed E-state index contributed by atoms with van der Waals surface area (Å²) in [5.41, 5.74) is 4.80. The number of hydrogen-bond acceptors (Lipinski definition) is 2. The predicted molar refractivity (Wildman–Crippen MR) is 103 cm³/mol. The smallest absolute Gasteiger partial charge is 0.133 e. The van der Waals surface area contributed by atoms with E-state index < -0.39 is 0 Å². The Labute approximate surface area is 148 Å². The molecule has 0 radical (unpaired) electrons. The van der Waals surface area contributed by atoms with Gasteiger partial charge in [0.25, 0.3) is 0 Å². The average Bonchev–Trinajstić information content (AvgIpc) is 3.14. The van der Waals surface area contributed by atoms with E-state index in [4.69, 9.17) is 4.42 Å². The monoisotopic (exact) mass is 327 g/mol. The van der Waals surface area contributed by atoms with Gasteiger partial charge in [0.2, 0.25) is 0 Å². The van der Waals surface area contributed by atoms with Gasteiger partial charge in [-0.25, -0.2) is 0 Å². The van der Waals surface area contributed by atoms with Gasteiger partial charge in [-0.1, -0.05) is 48.2 Å². The summed E-state index contributed by atoms with van der Waals surface area (Å²) in [6.07, 6.45) is 6.10. The first-order valence-corrected chi connectivity index (χ1v) is 8.81. The van der Waals surface area contributed by atoms with Gasteiger partial charge in [-0.2, -0.15) is 0 Å². The van der Waals surface area contributed by atoms with Crippen molar-refractivity contribution in [2.45, 2.75) is 12.8 Å². The third-order valence-corrected chi connectivity index (χ3v) is 4.68. The molecule has 0 atom stereocenters. The van der Waals surface area contributed by atoms with E-state index in [0.29, 0.717) is 0 Å². The fourth-order valence-electron chi connectivity index (χ4n) is 3.25. The maximum atomic E-state index is 5.36. The molecule has 0 amide bonds. The highest BCUT2D eigenvalue weighted by molar-refractivity contribution is 5.78. The number of rotatable bonds is 3. The van der Waals surface area contributed by atoms with E-state index in [-0.39, 0.29) is 0 Å². The number of furan rings is 1. The van der Waals surface area contributed by atoms with Crippen LogP contribution >= 0.6 is 0 Å². The van der Waals surface area contributed by atoms with Crippen LogP contribution in [0.2, 0.25) is 0 Å². The van der Waals surface area contributed by atoms with Crippen LogP contribution in [-0.2, 0) is 0 Å². The van der Waals surface area contributed by atoms with E-state index >= 15 is 0 Å². The van der Waals surface area contributed by atoms with Crippen LogP contribution in [0.5, 0.6) is 0 Å². The van der Waals surface area contributed by atoms with Crippen LogP contribution in [0.25, 0.3) is 16.5 Å². The van der Waals surface area contributed by atoms with Gasteiger partial charge >= 0.3 is 0 Å². The minimum atomic E-state index is 0.901. The Morgan fingerprint density at radius 3 is 2.80 bits per heavy atom. The van der Waals surface area contributed by atoms with Crippen LogP contribution in [0.15, 0.2) is 71.4 Å². The summed E-state index contributed by atoms with van der Waals surface area (Å²) in [4.78, 5) is 2.47. The molecule has 2 aromatic carbocycles. The van der Waals surface area contributed by atoms with E-state index in [1.807, 2.05) is 18.2 Å². The van der Waals surface area contributed by atoms with Gasteiger partial charge < -0.3 is 4.42 Å². The van der Waals surface area contributed by atoms with Gasteiger partial charge in [0, 0.05) is 37.0 Å². The van der Waals surface area contributed by atoms with Crippen molar-refractivity contribution in [3.8, 4) is 11.8 Å². The van der Waals surface area contributed by atoms with Crippen molar-refractivity contribution >= 4 is 16.5 Å². The number of fused-ring (bicyclic) bond motifs is 1. The molecule has 2 heterocycles. The first kappa shape index (κ1) is 15.7. The van der Waals surface area contributed by atoms with Crippen molar-refractivity contribution in [1.29, 1.82) is 0 Å². The Balaban J connectivity index is 1.30. The lowest BCUT2D eigenvalue weighted by atomic mass is 9.99. The summed E-state index contributed by atoms with van der Waals surface area (Å²) in [6, 6.07) is 18.8. The molecule has 2 nitrogen and oxygen atoms in total. The van der Waals surface area contributed by atoms with Gasteiger partial charge in [0.05, 0.1) is 6.26 Å². The molecule has 0 fully saturated rings. The molecule has 0 N–H and O–H groups in total. The van der Waals surface area contributed by atoms with E-state index in [2.05, 4.69) is 59.2 Å². The van der Waals surface area contributed by atoms with Crippen molar-refractivity contribution in [2.75, 3.05) is 19.6 Å². The summed E-state index contributed by atoms with van der Waals surface area (Å²) in [5.74, 6) is 6.57. The molecule has 0 bridgehead atoms. The van der Waals surface area contributed by atoms with Gasteiger partial charge in [0.15, 0.2) is 0 Å². The molecule has 2 heteroatoms. The van der Waals surface area contributed by atoms with E-state index in [1.165, 1.54) is 11.1 Å². The lowest BCUT2D eigenvalue weighted by Gasteiger charge is -2.25. The van der Waals surface area contributed by atoms with Crippen LogP contribution in [-0.4, -0.2) is 24.5 Å². The first-order valence-electron chi connectivity index (χ1n) is 8.81. The number of nitrogens with zero attached hydrogens (tertiary/aromatic N) is 1. The van der Waals surface area contributed by atoms with Crippen molar-refractivity contribution in [3.05, 3.63) is 78.1 Å². The van der Waals surface area contributed by atoms with E-state index in [1.54, 1.807) is 6.26 Å². The van der Waals surface area contributed by atoms with Crippen molar-refractivity contribution < 1.29 is 4.42 Å². The van der Waals surface area contributed by atoms with Crippen molar-refractivity contribution in [1.82, 2.24) is 4.90 Å². The molecule has 0 saturated heterocycles. The fraction of sp³-hybridized carbons (Fsp3) is 0.217. The highest BCUT2D eigenvalue weighted by Crippen LogP contribution is 2.22. The third-order valence-electron chi connectivity index (χ3n) is 4.68. The van der Waals surface area contributed by atoms with Gasteiger partial charge in [-0.15, -0.1) is 0 Å². The topological polar surface area (TPSA) is 16.4 Å². The Bertz CT molecular complexity index is 940. The maximum Gasteiger partial charge on any atom is 0.133 e. The SMILES string of the molecule is C(#Cc1ccc2occc2c1)CCN1CC=C(c2ccccc2)CC1. The Morgan fingerprint density at radius 2 is 1.96 bits per heavy atom. The number of hydrogen-bond donors (Lipinski definition) is 0. The standard InChI is InChI=1S/C23H21NO/c1-2-7-20(8-3-1)21-11-15-24(16-12-21)14-5-4-6-19-9-10-23-22(18-19)13-17-25-23/h1-3,7-11,13,17-18H,5,12,14-16H2. The normalized spacial score (nSPS) is 14.8. The van der Waals surface area contributed by atoms with Crippen LogP contribution in [0.4, 0.5) is 0 Å². The summed E-state index contributed by atoms with van der Waals surface area (Å²) < 4.78 is 5.36. The second-order valence-corrected chi connectivity index (χ2v) is 6.37. The molecule has 124 valence electrons. The zero-order chi connectivity index (χ0) is 16.9. The summed E-state index contributed by atoms with van der Waals surface area (Å²) in [7, 11) is 0. The summed E-state index contributed by atoms with van der Waals surface area (Å²) in [5, 5.41) is 1.11. The second kappa shape index (κ2) is 7.42. The minimum Gasteiger partial charge on any atom is -0.464 e. The lowest BCUT2D eigenvalue weighted by Crippen LogP contribution is -2.29. The fourth-order valence-corrected chi connectivity index (χ4v) is 3.25. The maximum absolute atomic E-state index is 5.36. The molecular weight excluding hydrogens is 306 g/mol.